The van der Waals surface area contributed by atoms with Crippen molar-refractivity contribution in [1.29, 1.82) is 0 Å². The second-order valence-corrected chi connectivity index (χ2v) is 6.06. The zero-order valence-corrected chi connectivity index (χ0v) is 11.5. The molecule has 1 saturated carbocycles. The van der Waals surface area contributed by atoms with Crippen LogP contribution in [0.2, 0.25) is 0 Å². The first-order valence-electron chi connectivity index (χ1n) is 6.97. The molecule has 2 aliphatic rings. The number of hydrogen-bond acceptors (Lipinski definition) is 4. The molecule has 0 amide bonds. The van der Waals surface area contributed by atoms with Gasteiger partial charge in [-0.25, -0.2) is 9.97 Å². The molecule has 2 bridgehead atoms. The molecule has 1 saturated heterocycles. The average molecular weight is 246 g/mol. The molecular weight excluding hydrogens is 224 g/mol. The smallest absolute Gasteiger partial charge is 0.137 e. The lowest BCUT2D eigenvalue weighted by atomic mass is 10.1. The van der Waals surface area contributed by atoms with Crippen LogP contribution in [0.25, 0.3) is 0 Å². The Balaban J connectivity index is 2.00. The van der Waals surface area contributed by atoms with E-state index >= 15 is 0 Å². The predicted octanol–water partition coefficient (Wildman–Crippen LogP) is 2.48. The lowest BCUT2D eigenvalue weighted by molar-refractivity contribution is 0.548. The number of aromatic nitrogens is 2. The van der Waals surface area contributed by atoms with Crippen LogP contribution in [0.5, 0.6) is 0 Å². The molecule has 2 N–H and O–H groups in total. The molecule has 98 valence electrons. The van der Waals surface area contributed by atoms with Gasteiger partial charge in [-0.1, -0.05) is 13.8 Å². The molecule has 4 heteroatoms. The van der Waals surface area contributed by atoms with E-state index < -0.39 is 0 Å². The van der Waals surface area contributed by atoms with Crippen molar-refractivity contribution in [2.75, 3.05) is 17.2 Å². The van der Waals surface area contributed by atoms with Gasteiger partial charge in [-0.3, -0.25) is 0 Å². The monoisotopic (exact) mass is 246 g/mol. The molecule has 18 heavy (non-hydrogen) atoms. The number of nitrogen functional groups attached to an aromatic ring is 1. The first-order valence-corrected chi connectivity index (χ1v) is 6.97. The fourth-order valence-electron chi connectivity index (χ4n) is 3.26. The van der Waals surface area contributed by atoms with Gasteiger partial charge >= 0.3 is 0 Å². The summed E-state index contributed by atoms with van der Waals surface area (Å²) in [5.74, 6) is 3.79. The van der Waals surface area contributed by atoms with Gasteiger partial charge in [0.15, 0.2) is 0 Å². The Morgan fingerprint density at radius 1 is 1.28 bits per heavy atom. The minimum atomic E-state index is 0.325. The van der Waals surface area contributed by atoms with Crippen molar-refractivity contribution in [2.24, 2.45) is 5.92 Å². The molecule has 2 unspecified atom stereocenters. The molecule has 2 atom stereocenters. The van der Waals surface area contributed by atoms with Crippen LogP contribution in [-0.4, -0.2) is 22.6 Å². The van der Waals surface area contributed by atoms with Crippen molar-refractivity contribution in [3.8, 4) is 0 Å². The highest BCUT2D eigenvalue weighted by atomic mass is 15.3. The summed E-state index contributed by atoms with van der Waals surface area (Å²) in [6, 6.07) is 0.683. The molecule has 1 aliphatic heterocycles. The molecule has 1 aliphatic carbocycles. The molecule has 4 nitrogen and oxygen atoms in total. The van der Waals surface area contributed by atoms with Crippen molar-refractivity contribution in [1.82, 2.24) is 9.97 Å². The maximum atomic E-state index is 6.05. The summed E-state index contributed by atoms with van der Waals surface area (Å²) in [5, 5.41) is 0. The molecule has 2 fully saturated rings. The molecule has 2 heterocycles. The third-order valence-corrected chi connectivity index (χ3v) is 4.37. The van der Waals surface area contributed by atoms with Crippen molar-refractivity contribution in [3.05, 3.63) is 11.4 Å². The number of anilines is 2. The van der Waals surface area contributed by atoms with Gasteiger partial charge < -0.3 is 10.6 Å². The van der Waals surface area contributed by atoms with Crippen molar-refractivity contribution < 1.29 is 0 Å². The first kappa shape index (κ1) is 11.8. The highest BCUT2D eigenvalue weighted by Gasteiger charge is 2.39. The number of hydrogen-bond donors (Lipinski definition) is 1. The van der Waals surface area contributed by atoms with Crippen LogP contribution in [0.3, 0.4) is 0 Å². The normalized spacial score (nSPS) is 26.3. The third kappa shape index (κ3) is 1.74. The van der Waals surface area contributed by atoms with Crippen LogP contribution in [0, 0.1) is 12.8 Å². The van der Waals surface area contributed by atoms with E-state index in [4.69, 9.17) is 10.7 Å². The second kappa shape index (κ2) is 4.11. The highest BCUT2D eigenvalue weighted by Crippen LogP contribution is 2.41. The van der Waals surface area contributed by atoms with Crippen LogP contribution in [-0.2, 0) is 0 Å². The quantitative estimate of drug-likeness (QED) is 0.871. The zero-order valence-electron chi connectivity index (χ0n) is 11.5. The summed E-state index contributed by atoms with van der Waals surface area (Å²) in [6.45, 7) is 7.42. The summed E-state index contributed by atoms with van der Waals surface area (Å²) in [6.07, 6.45) is 4.03. The summed E-state index contributed by atoms with van der Waals surface area (Å²) in [7, 11) is 0. The molecule has 0 radical (unpaired) electrons. The Bertz CT molecular complexity index is 469. The Labute approximate surface area is 109 Å². The van der Waals surface area contributed by atoms with Crippen LogP contribution in [0.1, 0.15) is 50.4 Å². The first-order chi connectivity index (χ1) is 8.56. The summed E-state index contributed by atoms with van der Waals surface area (Å²) < 4.78 is 0. The average Bonchev–Trinajstić information content (AvgIpc) is 2.94. The van der Waals surface area contributed by atoms with Crippen molar-refractivity contribution >= 4 is 11.6 Å². The second-order valence-electron chi connectivity index (χ2n) is 6.06. The van der Waals surface area contributed by atoms with Crippen molar-refractivity contribution in [3.63, 3.8) is 0 Å². The Morgan fingerprint density at radius 3 is 2.61 bits per heavy atom. The van der Waals surface area contributed by atoms with E-state index in [0.29, 0.717) is 17.8 Å². The van der Waals surface area contributed by atoms with Gasteiger partial charge in [0, 0.05) is 24.1 Å². The van der Waals surface area contributed by atoms with Gasteiger partial charge in [-0.15, -0.1) is 0 Å². The lowest BCUT2D eigenvalue weighted by Crippen LogP contribution is -2.33. The third-order valence-electron chi connectivity index (χ3n) is 4.37. The highest BCUT2D eigenvalue weighted by molar-refractivity contribution is 5.58. The maximum absolute atomic E-state index is 6.05. The number of nitrogens with two attached hydrogens (primary N) is 1. The molecule has 0 aromatic carbocycles. The SMILES string of the molecule is Cc1c(N)nc(C(C)C)nc1N1CC2CCC1C2. The fourth-order valence-corrected chi connectivity index (χ4v) is 3.26. The molecule has 3 rings (SSSR count). The minimum Gasteiger partial charge on any atom is -0.383 e. The molecular formula is C14H22N4. The van der Waals surface area contributed by atoms with E-state index in [-0.39, 0.29) is 0 Å². The van der Waals surface area contributed by atoms with Gasteiger partial charge in [-0.05, 0) is 32.1 Å². The van der Waals surface area contributed by atoms with E-state index in [9.17, 15) is 0 Å². The standard InChI is InChI=1S/C14H22N4/c1-8(2)13-16-12(15)9(3)14(17-13)18-7-10-4-5-11(18)6-10/h8,10-11H,4-7H2,1-3H3,(H2,15,16,17). The number of nitrogens with zero attached hydrogens (tertiary/aromatic N) is 3. The van der Waals surface area contributed by atoms with Crippen LogP contribution >= 0.6 is 0 Å². The molecule has 0 spiro atoms. The predicted molar refractivity (Wildman–Crippen MR) is 73.7 cm³/mol. The van der Waals surface area contributed by atoms with E-state index in [2.05, 4.69) is 23.7 Å². The number of rotatable bonds is 2. The number of piperidine rings is 1. The van der Waals surface area contributed by atoms with Gasteiger partial charge in [-0.2, -0.15) is 0 Å². The van der Waals surface area contributed by atoms with E-state index in [1.54, 1.807) is 0 Å². The zero-order chi connectivity index (χ0) is 12.9. The van der Waals surface area contributed by atoms with Gasteiger partial charge in [0.05, 0.1) is 0 Å². The van der Waals surface area contributed by atoms with Crippen LogP contribution in [0.4, 0.5) is 11.6 Å². The topological polar surface area (TPSA) is 55.0 Å². The lowest BCUT2D eigenvalue weighted by Gasteiger charge is -2.30. The van der Waals surface area contributed by atoms with Gasteiger partial charge in [0.25, 0.3) is 0 Å². The Morgan fingerprint density at radius 2 is 2.06 bits per heavy atom. The van der Waals surface area contributed by atoms with Gasteiger partial charge in [0.2, 0.25) is 0 Å². The largest absolute Gasteiger partial charge is 0.383 e. The molecule has 1 aromatic rings. The molecule has 1 aromatic heterocycles. The van der Waals surface area contributed by atoms with Crippen molar-refractivity contribution in [2.45, 2.75) is 52.0 Å². The Kier molecular flexibility index (Phi) is 2.68. The fraction of sp³-hybridized carbons (Fsp3) is 0.714. The summed E-state index contributed by atoms with van der Waals surface area (Å²) in [5.41, 5.74) is 7.10. The summed E-state index contributed by atoms with van der Waals surface area (Å²) >= 11 is 0. The maximum Gasteiger partial charge on any atom is 0.137 e. The van der Waals surface area contributed by atoms with Crippen LogP contribution < -0.4 is 10.6 Å². The van der Waals surface area contributed by atoms with Gasteiger partial charge in [0.1, 0.15) is 17.5 Å². The van der Waals surface area contributed by atoms with Crippen LogP contribution in [0.15, 0.2) is 0 Å². The van der Waals surface area contributed by atoms with E-state index in [1.807, 2.05) is 6.92 Å². The summed E-state index contributed by atoms with van der Waals surface area (Å²) in [4.78, 5) is 11.6. The van der Waals surface area contributed by atoms with E-state index in [0.717, 1.165) is 29.7 Å². The van der Waals surface area contributed by atoms with E-state index in [1.165, 1.54) is 19.3 Å². The minimum absolute atomic E-state index is 0.325. The number of fused-ring (bicyclic) bond motifs is 2. The Hall–Kier alpha value is -1.32.